The fourth-order valence-electron chi connectivity index (χ4n) is 1.42. The van der Waals surface area contributed by atoms with Gasteiger partial charge in [-0.3, -0.25) is 0 Å². The minimum absolute atomic E-state index is 0.613. The van der Waals surface area contributed by atoms with Crippen LogP contribution in [-0.4, -0.2) is 20.1 Å². The molecule has 2 nitrogen and oxygen atoms in total. The monoisotopic (exact) mass is 190 g/mol. The second-order valence-corrected chi connectivity index (χ2v) is 3.37. The van der Waals surface area contributed by atoms with E-state index in [1.54, 1.807) is 0 Å². The number of hydrogen-bond donors (Lipinski definition) is 1. The highest BCUT2D eigenvalue weighted by atomic mass is 15.1. The standard InChI is InChI=1S/C12H18N2/c1-11-7-3-4-8-12(11)14(2)10-6-5-9-13/h3-8H,9-10,13H2,1-2H3. The maximum absolute atomic E-state index is 5.38. The second kappa shape index (κ2) is 5.45. The predicted octanol–water partition coefficient (Wildman–Crippen LogP) is 1.95. The van der Waals surface area contributed by atoms with Gasteiger partial charge >= 0.3 is 0 Å². The van der Waals surface area contributed by atoms with Crippen LogP contribution in [0.2, 0.25) is 0 Å². The van der Waals surface area contributed by atoms with Crippen LogP contribution in [0.15, 0.2) is 36.4 Å². The summed E-state index contributed by atoms with van der Waals surface area (Å²) in [4.78, 5) is 2.21. The van der Waals surface area contributed by atoms with Crippen LogP contribution in [0.4, 0.5) is 5.69 Å². The van der Waals surface area contributed by atoms with Gasteiger partial charge in [-0.05, 0) is 18.6 Å². The van der Waals surface area contributed by atoms with E-state index in [1.165, 1.54) is 11.3 Å². The Hall–Kier alpha value is -1.28. The van der Waals surface area contributed by atoms with Gasteiger partial charge in [0.2, 0.25) is 0 Å². The summed E-state index contributed by atoms with van der Waals surface area (Å²) in [5.74, 6) is 0. The highest BCUT2D eigenvalue weighted by Crippen LogP contribution is 2.17. The van der Waals surface area contributed by atoms with Crippen LogP contribution in [0.1, 0.15) is 5.56 Å². The van der Waals surface area contributed by atoms with Crippen LogP contribution >= 0.6 is 0 Å². The zero-order valence-electron chi connectivity index (χ0n) is 8.90. The fourth-order valence-corrected chi connectivity index (χ4v) is 1.42. The van der Waals surface area contributed by atoms with Crippen LogP contribution in [0.25, 0.3) is 0 Å². The van der Waals surface area contributed by atoms with Gasteiger partial charge in [0.25, 0.3) is 0 Å². The average molecular weight is 190 g/mol. The van der Waals surface area contributed by atoms with Crippen molar-refractivity contribution >= 4 is 5.69 Å². The van der Waals surface area contributed by atoms with Gasteiger partial charge < -0.3 is 10.6 Å². The minimum atomic E-state index is 0.613. The molecule has 0 aromatic heterocycles. The van der Waals surface area contributed by atoms with Crippen LogP contribution in [-0.2, 0) is 0 Å². The highest BCUT2D eigenvalue weighted by Gasteiger charge is 2.00. The smallest absolute Gasteiger partial charge is 0.0396 e. The molecule has 0 saturated carbocycles. The summed E-state index contributed by atoms with van der Waals surface area (Å²) in [6.07, 6.45) is 4.07. The summed E-state index contributed by atoms with van der Waals surface area (Å²) in [6.45, 7) is 3.64. The summed E-state index contributed by atoms with van der Waals surface area (Å²) in [6, 6.07) is 8.37. The molecule has 2 N–H and O–H groups in total. The fraction of sp³-hybridized carbons (Fsp3) is 0.333. The van der Waals surface area contributed by atoms with Gasteiger partial charge in [0, 0.05) is 25.8 Å². The van der Waals surface area contributed by atoms with Crippen LogP contribution in [0.5, 0.6) is 0 Å². The normalized spacial score (nSPS) is 10.8. The van der Waals surface area contributed by atoms with Gasteiger partial charge in [-0.1, -0.05) is 30.4 Å². The first-order valence-corrected chi connectivity index (χ1v) is 4.87. The number of benzene rings is 1. The van der Waals surface area contributed by atoms with Crippen LogP contribution in [0.3, 0.4) is 0 Å². The van der Waals surface area contributed by atoms with Crippen molar-refractivity contribution in [2.75, 3.05) is 25.0 Å². The average Bonchev–Trinajstić information content (AvgIpc) is 2.18. The Balaban J connectivity index is 2.65. The maximum Gasteiger partial charge on any atom is 0.0396 e. The number of rotatable bonds is 4. The summed E-state index contributed by atoms with van der Waals surface area (Å²) < 4.78 is 0. The molecular weight excluding hydrogens is 172 g/mol. The number of nitrogens with zero attached hydrogens (tertiary/aromatic N) is 1. The van der Waals surface area contributed by atoms with E-state index in [1.807, 2.05) is 6.08 Å². The van der Waals surface area contributed by atoms with Crippen LogP contribution in [0, 0.1) is 6.92 Å². The number of hydrogen-bond acceptors (Lipinski definition) is 2. The lowest BCUT2D eigenvalue weighted by Gasteiger charge is -2.19. The number of nitrogens with two attached hydrogens (primary N) is 1. The van der Waals surface area contributed by atoms with E-state index in [0.29, 0.717) is 6.54 Å². The molecule has 0 atom stereocenters. The first-order valence-electron chi connectivity index (χ1n) is 4.87. The third kappa shape index (κ3) is 2.89. The SMILES string of the molecule is Cc1ccccc1N(C)CC=CCN. The molecule has 1 rings (SSSR count). The maximum atomic E-state index is 5.38. The van der Waals surface area contributed by atoms with Gasteiger partial charge in [-0.25, -0.2) is 0 Å². The molecule has 14 heavy (non-hydrogen) atoms. The van der Waals surface area contributed by atoms with E-state index in [9.17, 15) is 0 Å². The predicted molar refractivity (Wildman–Crippen MR) is 62.6 cm³/mol. The quantitative estimate of drug-likeness (QED) is 0.735. The van der Waals surface area contributed by atoms with E-state index < -0.39 is 0 Å². The second-order valence-electron chi connectivity index (χ2n) is 3.37. The molecule has 0 bridgehead atoms. The Morgan fingerprint density at radius 3 is 2.64 bits per heavy atom. The van der Waals surface area contributed by atoms with Crippen molar-refractivity contribution in [1.29, 1.82) is 0 Å². The molecule has 2 heteroatoms. The Kier molecular flexibility index (Phi) is 4.20. The van der Waals surface area contributed by atoms with Crippen molar-refractivity contribution in [3.05, 3.63) is 42.0 Å². The Labute approximate surface area is 86.0 Å². The molecule has 0 saturated heterocycles. The van der Waals surface area contributed by atoms with E-state index >= 15 is 0 Å². The lowest BCUT2D eigenvalue weighted by atomic mass is 10.2. The lowest BCUT2D eigenvalue weighted by molar-refractivity contribution is 1.02. The number of para-hydroxylation sites is 1. The molecule has 0 aliphatic carbocycles. The molecule has 76 valence electrons. The van der Waals surface area contributed by atoms with Crippen molar-refractivity contribution < 1.29 is 0 Å². The Morgan fingerprint density at radius 1 is 1.29 bits per heavy atom. The molecule has 0 aliphatic heterocycles. The summed E-state index contributed by atoms with van der Waals surface area (Å²) in [7, 11) is 2.09. The van der Waals surface area contributed by atoms with Crippen molar-refractivity contribution in [2.45, 2.75) is 6.92 Å². The van der Waals surface area contributed by atoms with E-state index in [0.717, 1.165) is 6.54 Å². The van der Waals surface area contributed by atoms with E-state index in [4.69, 9.17) is 5.73 Å². The van der Waals surface area contributed by atoms with Crippen molar-refractivity contribution in [1.82, 2.24) is 0 Å². The molecule has 0 radical (unpaired) electrons. The Bertz CT molecular complexity index is 305. The van der Waals surface area contributed by atoms with Gasteiger partial charge in [0.1, 0.15) is 0 Å². The van der Waals surface area contributed by atoms with Gasteiger partial charge in [-0.2, -0.15) is 0 Å². The Morgan fingerprint density at radius 2 is 2.00 bits per heavy atom. The zero-order chi connectivity index (χ0) is 10.4. The number of likely N-dealkylation sites (N-methyl/N-ethyl adjacent to an activating group) is 1. The lowest BCUT2D eigenvalue weighted by Crippen LogP contribution is -2.17. The largest absolute Gasteiger partial charge is 0.371 e. The van der Waals surface area contributed by atoms with E-state index in [-0.39, 0.29) is 0 Å². The van der Waals surface area contributed by atoms with Gasteiger partial charge in [0.15, 0.2) is 0 Å². The molecule has 0 aliphatic rings. The third-order valence-electron chi connectivity index (χ3n) is 2.21. The van der Waals surface area contributed by atoms with Crippen molar-refractivity contribution in [2.24, 2.45) is 5.73 Å². The van der Waals surface area contributed by atoms with Gasteiger partial charge in [0.05, 0.1) is 0 Å². The first-order chi connectivity index (χ1) is 6.75. The molecule has 0 fully saturated rings. The molecular formula is C12H18N2. The molecule has 0 amide bonds. The molecule has 0 spiro atoms. The zero-order valence-corrected chi connectivity index (χ0v) is 8.90. The molecule has 1 aromatic rings. The van der Waals surface area contributed by atoms with Crippen LogP contribution < -0.4 is 10.6 Å². The van der Waals surface area contributed by atoms with Crippen molar-refractivity contribution in [3.63, 3.8) is 0 Å². The van der Waals surface area contributed by atoms with Crippen molar-refractivity contribution in [3.8, 4) is 0 Å². The number of anilines is 1. The molecule has 0 unspecified atom stereocenters. The topological polar surface area (TPSA) is 29.3 Å². The highest BCUT2D eigenvalue weighted by molar-refractivity contribution is 5.52. The first kappa shape index (κ1) is 10.8. The summed E-state index contributed by atoms with van der Waals surface area (Å²) >= 11 is 0. The molecule has 1 aromatic carbocycles. The number of aryl methyl sites for hydroxylation is 1. The minimum Gasteiger partial charge on any atom is -0.371 e. The van der Waals surface area contributed by atoms with E-state index in [2.05, 4.69) is 49.2 Å². The third-order valence-corrected chi connectivity index (χ3v) is 2.21. The summed E-state index contributed by atoms with van der Waals surface area (Å²) in [5, 5.41) is 0. The molecule has 0 heterocycles. The summed E-state index contributed by atoms with van der Waals surface area (Å²) in [5.41, 5.74) is 7.95. The van der Waals surface area contributed by atoms with Gasteiger partial charge in [-0.15, -0.1) is 0 Å².